The van der Waals surface area contributed by atoms with Crippen molar-refractivity contribution in [1.29, 1.82) is 0 Å². The topological polar surface area (TPSA) is 65.7 Å². The van der Waals surface area contributed by atoms with Crippen molar-refractivity contribution in [2.24, 2.45) is 0 Å². The molecule has 8 nitrogen and oxygen atoms in total. The molecule has 4 rings (SSSR count). The zero-order chi connectivity index (χ0) is 16.5. The van der Waals surface area contributed by atoms with Crippen molar-refractivity contribution in [3.8, 4) is 0 Å². The lowest BCUT2D eigenvalue weighted by Gasteiger charge is -2.36. The largest absolute Gasteiger partial charge is 0.363 e. The molecule has 1 fully saturated rings. The first-order valence-electron chi connectivity index (χ1n) is 8.00. The van der Waals surface area contributed by atoms with E-state index in [0.29, 0.717) is 0 Å². The Morgan fingerprint density at radius 2 is 1.71 bits per heavy atom. The highest BCUT2D eigenvalue weighted by atomic mass is 15.3. The highest BCUT2D eigenvalue weighted by Gasteiger charge is 2.20. The van der Waals surface area contributed by atoms with Gasteiger partial charge in [-0.05, 0) is 6.07 Å². The Labute approximate surface area is 140 Å². The molecular formula is C16H20N8. The lowest BCUT2D eigenvalue weighted by atomic mass is 10.3. The van der Waals surface area contributed by atoms with Gasteiger partial charge >= 0.3 is 0 Å². The fourth-order valence-corrected chi connectivity index (χ4v) is 2.90. The molecule has 1 aliphatic rings. The van der Waals surface area contributed by atoms with Gasteiger partial charge in [0.15, 0.2) is 5.65 Å². The van der Waals surface area contributed by atoms with Gasteiger partial charge < -0.3 is 14.7 Å². The standard InChI is InChI=1S/C16H20N8/c1-21(2)15-11-16(18-12-17-15)23-9-7-22(8-10-23)13-4-6-24-14(20-13)3-5-19-24/h3-6,11-12H,7-10H2,1-2H3. The van der Waals surface area contributed by atoms with E-state index in [1.54, 1.807) is 17.0 Å². The molecule has 0 saturated carbocycles. The third kappa shape index (κ3) is 2.70. The van der Waals surface area contributed by atoms with Crippen LogP contribution in [0.1, 0.15) is 0 Å². The zero-order valence-electron chi connectivity index (χ0n) is 13.9. The lowest BCUT2D eigenvalue weighted by molar-refractivity contribution is 0.640. The van der Waals surface area contributed by atoms with Gasteiger partial charge in [-0.3, -0.25) is 0 Å². The number of anilines is 3. The minimum absolute atomic E-state index is 0.876. The SMILES string of the molecule is CN(C)c1cc(N2CCN(c3ccn4nccc4n3)CC2)ncn1. The molecule has 0 atom stereocenters. The third-order valence-corrected chi connectivity index (χ3v) is 4.27. The molecule has 0 aliphatic carbocycles. The number of rotatable bonds is 3. The number of aromatic nitrogens is 5. The minimum Gasteiger partial charge on any atom is -0.363 e. The second-order valence-corrected chi connectivity index (χ2v) is 6.02. The van der Waals surface area contributed by atoms with Gasteiger partial charge in [0, 0.05) is 58.6 Å². The Balaban J connectivity index is 1.47. The van der Waals surface area contributed by atoms with Crippen LogP contribution in [0.2, 0.25) is 0 Å². The van der Waals surface area contributed by atoms with E-state index in [9.17, 15) is 0 Å². The second kappa shape index (κ2) is 5.95. The Morgan fingerprint density at radius 3 is 2.46 bits per heavy atom. The molecule has 0 radical (unpaired) electrons. The van der Waals surface area contributed by atoms with Gasteiger partial charge in [0.1, 0.15) is 23.8 Å². The van der Waals surface area contributed by atoms with Crippen LogP contribution in [-0.4, -0.2) is 64.8 Å². The highest BCUT2D eigenvalue weighted by molar-refractivity contribution is 5.52. The van der Waals surface area contributed by atoms with E-state index in [2.05, 4.69) is 29.9 Å². The maximum Gasteiger partial charge on any atom is 0.157 e. The van der Waals surface area contributed by atoms with Gasteiger partial charge in [-0.15, -0.1) is 0 Å². The molecule has 3 aromatic rings. The quantitative estimate of drug-likeness (QED) is 0.709. The Hall–Kier alpha value is -2.90. The number of hydrogen-bond donors (Lipinski definition) is 0. The molecule has 4 heterocycles. The zero-order valence-corrected chi connectivity index (χ0v) is 13.9. The molecule has 3 aromatic heterocycles. The molecule has 0 N–H and O–H groups in total. The first kappa shape index (κ1) is 14.7. The summed E-state index contributed by atoms with van der Waals surface area (Å²) in [5, 5.41) is 4.19. The summed E-state index contributed by atoms with van der Waals surface area (Å²) in [4.78, 5) is 20.0. The van der Waals surface area contributed by atoms with Crippen molar-refractivity contribution in [3.63, 3.8) is 0 Å². The van der Waals surface area contributed by atoms with Crippen LogP contribution >= 0.6 is 0 Å². The summed E-state index contributed by atoms with van der Waals surface area (Å²) < 4.78 is 1.78. The Kier molecular flexibility index (Phi) is 3.64. The van der Waals surface area contributed by atoms with E-state index in [1.165, 1.54) is 0 Å². The van der Waals surface area contributed by atoms with Crippen LogP contribution in [0.25, 0.3) is 5.65 Å². The first-order valence-corrected chi connectivity index (χ1v) is 8.00. The van der Waals surface area contributed by atoms with Crippen LogP contribution < -0.4 is 14.7 Å². The van der Waals surface area contributed by atoms with E-state index in [-0.39, 0.29) is 0 Å². The average molecular weight is 324 g/mol. The molecule has 0 spiro atoms. The average Bonchev–Trinajstić information content (AvgIpc) is 3.09. The van der Waals surface area contributed by atoms with Crippen LogP contribution in [0.5, 0.6) is 0 Å². The van der Waals surface area contributed by atoms with Gasteiger partial charge in [0.25, 0.3) is 0 Å². The number of hydrogen-bond acceptors (Lipinski definition) is 7. The molecule has 1 saturated heterocycles. The van der Waals surface area contributed by atoms with Crippen molar-refractivity contribution in [2.75, 3.05) is 55.0 Å². The van der Waals surface area contributed by atoms with Gasteiger partial charge in [0.2, 0.25) is 0 Å². The van der Waals surface area contributed by atoms with E-state index in [1.807, 2.05) is 43.4 Å². The summed E-state index contributed by atoms with van der Waals surface area (Å²) in [5.74, 6) is 2.90. The van der Waals surface area contributed by atoms with Gasteiger partial charge in [-0.2, -0.15) is 5.10 Å². The fraction of sp³-hybridized carbons (Fsp3) is 0.375. The number of piperazine rings is 1. The van der Waals surface area contributed by atoms with Crippen LogP contribution in [0.4, 0.5) is 17.5 Å². The van der Waals surface area contributed by atoms with Crippen molar-refractivity contribution in [1.82, 2.24) is 24.6 Å². The molecular weight excluding hydrogens is 304 g/mol. The number of nitrogens with zero attached hydrogens (tertiary/aromatic N) is 8. The maximum absolute atomic E-state index is 4.67. The van der Waals surface area contributed by atoms with Gasteiger partial charge in [0.05, 0.1) is 6.20 Å². The molecule has 124 valence electrons. The summed E-state index contributed by atoms with van der Waals surface area (Å²) in [5.41, 5.74) is 0.876. The van der Waals surface area contributed by atoms with Crippen molar-refractivity contribution in [3.05, 3.63) is 36.9 Å². The molecule has 24 heavy (non-hydrogen) atoms. The van der Waals surface area contributed by atoms with E-state index >= 15 is 0 Å². The van der Waals surface area contributed by atoms with Crippen molar-refractivity contribution >= 4 is 23.1 Å². The smallest absolute Gasteiger partial charge is 0.157 e. The molecule has 1 aliphatic heterocycles. The fourth-order valence-electron chi connectivity index (χ4n) is 2.90. The second-order valence-electron chi connectivity index (χ2n) is 6.02. The summed E-state index contributed by atoms with van der Waals surface area (Å²) >= 11 is 0. The third-order valence-electron chi connectivity index (χ3n) is 4.27. The van der Waals surface area contributed by atoms with Crippen LogP contribution in [0, 0.1) is 0 Å². The summed E-state index contributed by atoms with van der Waals surface area (Å²) in [6, 6.07) is 5.97. The molecule has 0 aromatic carbocycles. The van der Waals surface area contributed by atoms with Crippen LogP contribution in [-0.2, 0) is 0 Å². The van der Waals surface area contributed by atoms with Crippen LogP contribution in [0.3, 0.4) is 0 Å². The molecule has 0 unspecified atom stereocenters. The normalized spacial score (nSPS) is 15.1. The summed E-state index contributed by atoms with van der Waals surface area (Å²) in [7, 11) is 3.98. The van der Waals surface area contributed by atoms with Gasteiger partial charge in [-0.25, -0.2) is 19.5 Å². The van der Waals surface area contributed by atoms with Crippen LogP contribution in [0.15, 0.2) is 36.9 Å². The van der Waals surface area contributed by atoms with Gasteiger partial charge in [-0.1, -0.05) is 0 Å². The van der Waals surface area contributed by atoms with E-state index < -0.39 is 0 Å². The number of fused-ring (bicyclic) bond motifs is 1. The molecule has 0 bridgehead atoms. The highest BCUT2D eigenvalue weighted by Crippen LogP contribution is 2.20. The van der Waals surface area contributed by atoms with Crippen molar-refractivity contribution in [2.45, 2.75) is 0 Å². The minimum atomic E-state index is 0.876. The maximum atomic E-state index is 4.67. The predicted molar refractivity (Wildman–Crippen MR) is 93.8 cm³/mol. The molecule has 0 amide bonds. The summed E-state index contributed by atoms with van der Waals surface area (Å²) in [6.45, 7) is 3.66. The predicted octanol–water partition coefficient (Wildman–Crippen LogP) is 0.912. The van der Waals surface area contributed by atoms with Crippen molar-refractivity contribution < 1.29 is 0 Å². The lowest BCUT2D eigenvalue weighted by Crippen LogP contribution is -2.47. The first-order chi connectivity index (χ1) is 11.7. The van der Waals surface area contributed by atoms with E-state index in [0.717, 1.165) is 49.3 Å². The van der Waals surface area contributed by atoms with E-state index in [4.69, 9.17) is 0 Å². The monoisotopic (exact) mass is 324 g/mol. The Morgan fingerprint density at radius 1 is 0.958 bits per heavy atom. The Bertz CT molecular complexity index is 835. The summed E-state index contributed by atoms with van der Waals surface area (Å²) in [6.07, 6.45) is 5.35. The molecule has 8 heteroatoms.